The molecule has 0 unspecified atom stereocenters. The summed E-state index contributed by atoms with van der Waals surface area (Å²) in [6.07, 6.45) is 3.10. The van der Waals surface area contributed by atoms with Crippen molar-refractivity contribution in [1.29, 1.82) is 0 Å². The molecule has 0 aliphatic rings. The van der Waals surface area contributed by atoms with E-state index in [0.29, 0.717) is 15.8 Å². The zero-order chi connectivity index (χ0) is 14.5. The van der Waals surface area contributed by atoms with Crippen LogP contribution in [0, 0.1) is 5.82 Å². The maximum absolute atomic E-state index is 13.1. The van der Waals surface area contributed by atoms with Gasteiger partial charge in [-0.05, 0) is 51.8 Å². The lowest BCUT2D eigenvalue weighted by atomic mass is 10.1. The summed E-state index contributed by atoms with van der Waals surface area (Å²) in [6.45, 7) is 0. The summed E-state index contributed by atoms with van der Waals surface area (Å²) in [5, 5.41) is 0. The highest BCUT2D eigenvalue weighted by molar-refractivity contribution is 9.10. The van der Waals surface area contributed by atoms with Crippen LogP contribution in [0.2, 0.25) is 0 Å². The molecule has 20 heavy (non-hydrogen) atoms. The van der Waals surface area contributed by atoms with Gasteiger partial charge in [0.1, 0.15) is 11.6 Å². The molecular formula is C16H12BrFO2. The van der Waals surface area contributed by atoms with E-state index in [2.05, 4.69) is 15.9 Å². The summed E-state index contributed by atoms with van der Waals surface area (Å²) in [4.78, 5) is 12.0. The molecule has 0 aliphatic carbocycles. The third-order valence-corrected chi connectivity index (χ3v) is 3.33. The Labute approximate surface area is 125 Å². The van der Waals surface area contributed by atoms with Crippen molar-refractivity contribution in [3.8, 4) is 5.75 Å². The van der Waals surface area contributed by atoms with Crippen molar-refractivity contribution in [2.24, 2.45) is 0 Å². The van der Waals surface area contributed by atoms with Gasteiger partial charge >= 0.3 is 0 Å². The van der Waals surface area contributed by atoms with Crippen LogP contribution in [-0.2, 0) is 0 Å². The fourth-order valence-corrected chi connectivity index (χ4v) is 2.06. The average molecular weight is 335 g/mol. The Morgan fingerprint density at radius 2 is 2.05 bits per heavy atom. The molecule has 2 aromatic rings. The molecule has 4 heteroatoms. The molecule has 0 saturated carbocycles. The number of ether oxygens (including phenoxy) is 1. The van der Waals surface area contributed by atoms with Crippen LogP contribution >= 0.6 is 15.9 Å². The minimum Gasteiger partial charge on any atom is -0.497 e. The van der Waals surface area contributed by atoms with Gasteiger partial charge < -0.3 is 4.74 Å². The molecule has 0 fully saturated rings. The van der Waals surface area contributed by atoms with Crippen LogP contribution in [-0.4, -0.2) is 12.9 Å². The molecule has 2 nitrogen and oxygen atoms in total. The molecule has 0 radical (unpaired) electrons. The summed E-state index contributed by atoms with van der Waals surface area (Å²) in [5.74, 6) is 0.166. The minimum atomic E-state index is -0.332. The Hall–Kier alpha value is -1.94. The molecule has 0 N–H and O–H groups in total. The second-order valence-corrected chi connectivity index (χ2v) is 4.96. The van der Waals surface area contributed by atoms with Gasteiger partial charge in [0.2, 0.25) is 0 Å². The number of hydrogen-bond acceptors (Lipinski definition) is 2. The molecule has 0 heterocycles. The highest BCUT2D eigenvalue weighted by atomic mass is 79.9. The Balaban J connectivity index is 2.17. The third kappa shape index (κ3) is 3.54. The third-order valence-electron chi connectivity index (χ3n) is 2.73. The van der Waals surface area contributed by atoms with Crippen molar-refractivity contribution in [3.05, 3.63) is 70.0 Å². The number of halogens is 2. The largest absolute Gasteiger partial charge is 0.497 e. The van der Waals surface area contributed by atoms with Crippen LogP contribution in [0.15, 0.2) is 53.0 Å². The predicted octanol–water partition coefficient (Wildman–Crippen LogP) is 4.49. The second kappa shape index (κ2) is 6.48. The molecule has 2 rings (SSSR count). The smallest absolute Gasteiger partial charge is 0.185 e. The Morgan fingerprint density at radius 3 is 2.75 bits per heavy atom. The van der Waals surface area contributed by atoms with Crippen molar-refractivity contribution in [3.63, 3.8) is 0 Å². The van der Waals surface area contributed by atoms with Crippen LogP contribution in [0.5, 0.6) is 5.75 Å². The normalized spacial score (nSPS) is 10.8. The van der Waals surface area contributed by atoms with Gasteiger partial charge in [0.15, 0.2) is 5.78 Å². The van der Waals surface area contributed by atoms with Gasteiger partial charge in [0, 0.05) is 5.56 Å². The first-order valence-corrected chi connectivity index (χ1v) is 6.71. The van der Waals surface area contributed by atoms with Crippen LogP contribution in [0.3, 0.4) is 0 Å². The van der Waals surface area contributed by atoms with Crippen molar-refractivity contribution < 1.29 is 13.9 Å². The number of carbonyl (C=O) groups excluding carboxylic acids is 1. The molecular weight excluding hydrogens is 323 g/mol. The van der Waals surface area contributed by atoms with Crippen LogP contribution in [0.25, 0.3) is 6.08 Å². The molecule has 0 aromatic heterocycles. The summed E-state index contributed by atoms with van der Waals surface area (Å²) < 4.78 is 18.5. The summed E-state index contributed by atoms with van der Waals surface area (Å²) in [7, 11) is 1.55. The molecule has 102 valence electrons. The average Bonchev–Trinajstić information content (AvgIpc) is 2.48. The fourth-order valence-electron chi connectivity index (χ4n) is 1.66. The van der Waals surface area contributed by atoms with E-state index in [1.165, 1.54) is 12.1 Å². The first-order chi connectivity index (χ1) is 9.60. The maximum atomic E-state index is 13.1. The quantitative estimate of drug-likeness (QED) is 0.608. The number of benzene rings is 2. The molecule has 2 aromatic carbocycles. The molecule has 0 saturated heterocycles. The number of hydrogen-bond donors (Lipinski definition) is 0. The van der Waals surface area contributed by atoms with Crippen LogP contribution < -0.4 is 4.74 Å². The lowest BCUT2D eigenvalue weighted by Gasteiger charge is -2.01. The fraction of sp³-hybridized carbons (Fsp3) is 0.0625. The van der Waals surface area contributed by atoms with Gasteiger partial charge in [0.25, 0.3) is 0 Å². The van der Waals surface area contributed by atoms with Gasteiger partial charge in [-0.25, -0.2) is 4.39 Å². The predicted molar refractivity (Wildman–Crippen MR) is 80.5 cm³/mol. The van der Waals surface area contributed by atoms with Crippen molar-refractivity contribution >= 4 is 27.8 Å². The van der Waals surface area contributed by atoms with Crippen molar-refractivity contribution in [1.82, 2.24) is 0 Å². The van der Waals surface area contributed by atoms with Crippen molar-refractivity contribution in [2.75, 3.05) is 7.11 Å². The molecule has 0 aliphatic heterocycles. The van der Waals surface area contributed by atoms with E-state index < -0.39 is 0 Å². The molecule has 0 spiro atoms. The number of methoxy groups -OCH3 is 1. The monoisotopic (exact) mass is 334 g/mol. The van der Waals surface area contributed by atoms with Gasteiger partial charge in [-0.3, -0.25) is 4.79 Å². The standard InChI is InChI=1S/C16H12BrFO2/c1-20-13-4-2-3-12(10-13)16(19)8-6-11-5-7-15(18)14(17)9-11/h2-10H,1H3/b8-6+. The summed E-state index contributed by atoms with van der Waals surface area (Å²) in [5.41, 5.74) is 1.29. The van der Waals surface area contributed by atoms with Gasteiger partial charge in [-0.1, -0.05) is 24.3 Å². The number of rotatable bonds is 4. The Morgan fingerprint density at radius 1 is 1.25 bits per heavy atom. The summed E-state index contributed by atoms with van der Waals surface area (Å²) >= 11 is 3.11. The van der Waals surface area contributed by atoms with Gasteiger partial charge in [-0.2, -0.15) is 0 Å². The lowest BCUT2D eigenvalue weighted by molar-refractivity contribution is 0.104. The zero-order valence-electron chi connectivity index (χ0n) is 10.8. The first-order valence-electron chi connectivity index (χ1n) is 5.91. The minimum absolute atomic E-state index is 0.135. The van der Waals surface area contributed by atoms with Gasteiger partial charge in [0.05, 0.1) is 11.6 Å². The van der Waals surface area contributed by atoms with E-state index in [0.717, 1.165) is 5.56 Å². The van der Waals surface area contributed by atoms with Crippen LogP contribution in [0.1, 0.15) is 15.9 Å². The number of carbonyl (C=O) groups is 1. The lowest BCUT2D eigenvalue weighted by Crippen LogP contribution is -1.94. The van der Waals surface area contributed by atoms with Crippen LogP contribution in [0.4, 0.5) is 4.39 Å². The number of allylic oxidation sites excluding steroid dienone is 1. The van der Waals surface area contributed by atoms with E-state index in [1.807, 2.05) is 0 Å². The first kappa shape index (κ1) is 14.5. The van der Waals surface area contributed by atoms with E-state index in [9.17, 15) is 9.18 Å². The molecule has 0 atom stereocenters. The molecule has 0 bridgehead atoms. The van der Waals surface area contributed by atoms with Gasteiger partial charge in [-0.15, -0.1) is 0 Å². The topological polar surface area (TPSA) is 26.3 Å². The zero-order valence-corrected chi connectivity index (χ0v) is 12.4. The molecule has 0 amide bonds. The van der Waals surface area contributed by atoms with E-state index in [1.54, 1.807) is 49.6 Å². The Kier molecular flexibility index (Phi) is 4.69. The van der Waals surface area contributed by atoms with E-state index in [4.69, 9.17) is 4.74 Å². The maximum Gasteiger partial charge on any atom is 0.185 e. The Bertz CT molecular complexity index is 665. The highest BCUT2D eigenvalue weighted by Crippen LogP contribution is 2.18. The highest BCUT2D eigenvalue weighted by Gasteiger charge is 2.03. The van der Waals surface area contributed by atoms with E-state index in [-0.39, 0.29) is 11.6 Å². The summed E-state index contributed by atoms with van der Waals surface area (Å²) in [6, 6.07) is 11.5. The van der Waals surface area contributed by atoms with Crippen molar-refractivity contribution in [2.45, 2.75) is 0 Å². The van der Waals surface area contributed by atoms with E-state index >= 15 is 0 Å². The SMILES string of the molecule is COc1cccc(C(=O)/C=C/c2ccc(F)c(Br)c2)c1. The number of ketones is 1. The second-order valence-electron chi connectivity index (χ2n) is 4.10.